The Morgan fingerprint density at radius 3 is 2.69 bits per heavy atom. The van der Waals surface area contributed by atoms with Crippen molar-refractivity contribution in [2.24, 2.45) is 0 Å². The molecular formula is C11H13BrN4. The summed E-state index contributed by atoms with van der Waals surface area (Å²) in [6, 6.07) is 10.6. The average Bonchev–Trinajstić information content (AvgIpc) is 2.83. The van der Waals surface area contributed by atoms with Crippen molar-refractivity contribution < 1.29 is 0 Å². The zero-order chi connectivity index (χ0) is 11.2. The summed E-state index contributed by atoms with van der Waals surface area (Å²) in [6.07, 6.45) is 3.40. The highest BCUT2D eigenvalue weighted by atomic mass is 79.9. The number of rotatable bonds is 5. The minimum atomic E-state index is 0.268. The van der Waals surface area contributed by atoms with E-state index in [9.17, 15) is 0 Å². The van der Waals surface area contributed by atoms with Gasteiger partial charge in [-0.05, 0) is 23.6 Å². The molecule has 0 N–H and O–H groups in total. The molecule has 0 saturated heterocycles. The molecule has 0 aliphatic heterocycles. The molecule has 2 rings (SSSR count). The first-order chi connectivity index (χ1) is 7.90. The summed E-state index contributed by atoms with van der Waals surface area (Å²) in [4.78, 5) is 1.69. The van der Waals surface area contributed by atoms with E-state index in [1.807, 2.05) is 6.07 Å². The zero-order valence-electron chi connectivity index (χ0n) is 8.83. The molecule has 5 heteroatoms. The molecule has 1 heterocycles. The Morgan fingerprint density at radius 2 is 2.06 bits per heavy atom. The van der Waals surface area contributed by atoms with Crippen LogP contribution in [0.2, 0.25) is 0 Å². The van der Waals surface area contributed by atoms with E-state index in [-0.39, 0.29) is 6.04 Å². The molecule has 0 amide bonds. The average molecular weight is 281 g/mol. The number of halogens is 1. The van der Waals surface area contributed by atoms with Crippen molar-refractivity contribution >= 4 is 15.9 Å². The highest BCUT2D eigenvalue weighted by Crippen LogP contribution is 2.16. The lowest BCUT2D eigenvalue weighted by molar-refractivity contribution is 0.385. The van der Waals surface area contributed by atoms with Crippen LogP contribution in [0.25, 0.3) is 0 Å². The van der Waals surface area contributed by atoms with Gasteiger partial charge >= 0.3 is 0 Å². The first kappa shape index (κ1) is 11.3. The lowest BCUT2D eigenvalue weighted by atomic mass is 10.0. The number of hydrogen-bond donors (Lipinski definition) is 0. The second-order valence-electron chi connectivity index (χ2n) is 3.58. The Labute approximate surface area is 103 Å². The van der Waals surface area contributed by atoms with Crippen LogP contribution in [0.4, 0.5) is 0 Å². The van der Waals surface area contributed by atoms with Crippen molar-refractivity contribution in [3.63, 3.8) is 0 Å². The Balaban J connectivity index is 2.09. The molecule has 16 heavy (non-hydrogen) atoms. The maximum atomic E-state index is 4.10. The quantitative estimate of drug-likeness (QED) is 0.789. The molecule has 0 aliphatic carbocycles. The highest BCUT2D eigenvalue weighted by molar-refractivity contribution is 9.09. The van der Waals surface area contributed by atoms with Gasteiger partial charge in [0.25, 0.3) is 0 Å². The van der Waals surface area contributed by atoms with Crippen LogP contribution in [0.3, 0.4) is 0 Å². The second-order valence-corrected chi connectivity index (χ2v) is 4.37. The molecule has 0 saturated carbocycles. The molecule has 84 valence electrons. The molecule has 1 aromatic heterocycles. The van der Waals surface area contributed by atoms with Gasteiger partial charge in [0.15, 0.2) is 6.33 Å². The third kappa shape index (κ3) is 2.88. The van der Waals surface area contributed by atoms with Crippen molar-refractivity contribution in [2.45, 2.75) is 18.9 Å². The van der Waals surface area contributed by atoms with Gasteiger partial charge < -0.3 is 0 Å². The normalized spacial score (nSPS) is 12.6. The molecule has 4 nitrogen and oxygen atoms in total. The number of alkyl halides is 1. The summed E-state index contributed by atoms with van der Waals surface area (Å²) in [7, 11) is 0. The van der Waals surface area contributed by atoms with E-state index in [4.69, 9.17) is 0 Å². The van der Waals surface area contributed by atoms with Gasteiger partial charge in [-0.2, -0.15) is 4.80 Å². The summed E-state index contributed by atoms with van der Waals surface area (Å²) in [5.74, 6) is 0. The molecule has 0 bridgehead atoms. The van der Waals surface area contributed by atoms with Gasteiger partial charge in [-0.3, -0.25) is 0 Å². The van der Waals surface area contributed by atoms with Gasteiger partial charge in [0.2, 0.25) is 0 Å². The Bertz CT molecular complexity index is 401. The first-order valence-electron chi connectivity index (χ1n) is 5.22. The largest absolute Gasteiger partial charge is 0.162 e. The molecule has 0 fully saturated rings. The zero-order valence-corrected chi connectivity index (χ0v) is 10.4. The summed E-state index contributed by atoms with van der Waals surface area (Å²) < 4.78 is 0. The van der Waals surface area contributed by atoms with Crippen LogP contribution in [0.5, 0.6) is 0 Å². The summed E-state index contributed by atoms with van der Waals surface area (Å²) in [6.45, 7) is 0. The van der Waals surface area contributed by atoms with E-state index in [0.29, 0.717) is 0 Å². The summed E-state index contributed by atoms with van der Waals surface area (Å²) in [5, 5.41) is 12.8. The van der Waals surface area contributed by atoms with Crippen LogP contribution in [-0.4, -0.2) is 25.5 Å². The second kappa shape index (κ2) is 5.75. The number of benzene rings is 1. The molecule has 0 spiro atoms. The van der Waals surface area contributed by atoms with E-state index >= 15 is 0 Å². The van der Waals surface area contributed by atoms with Gasteiger partial charge in [0, 0.05) is 5.33 Å². The number of aromatic nitrogens is 4. The van der Waals surface area contributed by atoms with Gasteiger partial charge in [0.05, 0.1) is 6.04 Å². The van der Waals surface area contributed by atoms with Crippen LogP contribution in [0, 0.1) is 0 Å². The van der Waals surface area contributed by atoms with Crippen LogP contribution >= 0.6 is 15.9 Å². The van der Waals surface area contributed by atoms with E-state index in [2.05, 4.69) is 55.6 Å². The Kier molecular flexibility index (Phi) is 4.04. The molecule has 2 aromatic rings. The van der Waals surface area contributed by atoms with E-state index in [1.54, 1.807) is 4.80 Å². The number of hydrogen-bond acceptors (Lipinski definition) is 3. The van der Waals surface area contributed by atoms with E-state index in [1.165, 1.54) is 11.9 Å². The number of tetrazole rings is 1. The van der Waals surface area contributed by atoms with Crippen LogP contribution in [0.15, 0.2) is 36.7 Å². The van der Waals surface area contributed by atoms with Gasteiger partial charge in [0.1, 0.15) is 0 Å². The highest BCUT2D eigenvalue weighted by Gasteiger charge is 2.12. The van der Waals surface area contributed by atoms with E-state index in [0.717, 1.165) is 18.2 Å². The smallest absolute Gasteiger partial charge is 0.161 e. The molecule has 1 unspecified atom stereocenters. The lowest BCUT2D eigenvalue weighted by Crippen LogP contribution is -2.15. The molecule has 0 aliphatic rings. The monoisotopic (exact) mass is 280 g/mol. The maximum absolute atomic E-state index is 4.10. The van der Waals surface area contributed by atoms with Crippen LogP contribution in [0.1, 0.15) is 18.0 Å². The summed E-state index contributed by atoms with van der Waals surface area (Å²) in [5.41, 5.74) is 1.30. The minimum Gasteiger partial charge on any atom is -0.161 e. The van der Waals surface area contributed by atoms with Gasteiger partial charge in [-0.1, -0.05) is 46.3 Å². The van der Waals surface area contributed by atoms with Crippen LogP contribution < -0.4 is 0 Å². The third-order valence-corrected chi connectivity index (χ3v) is 2.91. The minimum absolute atomic E-state index is 0.268. The Morgan fingerprint density at radius 1 is 1.25 bits per heavy atom. The van der Waals surface area contributed by atoms with Crippen molar-refractivity contribution in [1.82, 2.24) is 20.2 Å². The van der Waals surface area contributed by atoms with Gasteiger partial charge in [-0.25, -0.2) is 0 Å². The fraction of sp³-hybridized carbons (Fsp3) is 0.364. The molecule has 0 radical (unpaired) electrons. The standard InChI is InChI=1S/C11H13BrN4/c12-7-6-11(16-14-9-13-15-16)8-10-4-2-1-3-5-10/h1-5,9,11H,6-8H2. The fourth-order valence-corrected chi connectivity index (χ4v) is 2.18. The topological polar surface area (TPSA) is 43.6 Å². The third-order valence-electron chi connectivity index (χ3n) is 2.45. The Hall–Kier alpha value is -1.23. The fourth-order valence-electron chi connectivity index (χ4n) is 1.65. The maximum Gasteiger partial charge on any atom is 0.162 e. The van der Waals surface area contributed by atoms with Crippen molar-refractivity contribution in [2.75, 3.05) is 5.33 Å². The van der Waals surface area contributed by atoms with Crippen molar-refractivity contribution in [1.29, 1.82) is 0 Å². The van der Waals surface area contributed by atoms with Crippen molar-refractivity contribution in [3.8, 4) is 0 Å². The lowest BCUT2D eigenvalue weighted by Gasteiger charge is -2.13. The predicted molar refractivity (Wildman–Crippen MR) is 65.4 cm³/mol. The SMILES string of the molecule is BrCCC(Cc1ccccc1)n1ncnn1. The molecule has 1 atom stereocenters. The molecule has 1 aromatic carbocycles. The van der Waals surface area contributed by atoms with Crippen LogP contribution in [-0.2, 0) is 6.42 Å². The van der Waals surface area contributed by atoms with E-state index < -0.39 is 0 Å². The van der Waals surface area contributed by atoms with Crippen molar-refractivity contribution in [3.05, 3.63) is 42.2 Å². The first-order valence-corrected chi connectivity index (χ1v) is 6.34. The molecular weight excluding hydrogens is 268 g/mol. The summed E-state index contributed by atoms with van der Waals surface area (Å²) >= 11 is 3.46. The number of nitrogens with zero attached hydrogens (tertiary/aromatic N) is 4. The van der Waals surface area contributed by atoms with Gasteiger partial charge in [-0.15, -0.1) is 10.2 Å². The predicted octanol–water partition coefficient (Wildman–Crippen LogP) is 2.24.